The SMILES string of the molecule is O=S(=O)(NCCc1ccc(CO)cc1)c1cc(F)cc(F)c1. The Morgan fingerprint density at radius 1 is 0.955 bits per heavy atom. The van der Waals surface area contributed by atoms with Crippen LogP contribution in [-0.2, 0) is 23.1 Å². The van der Waals surface area contributed by atoms with E-state index in [9.17, 15) is 17.2 Å². The number of hydrogen-bond acceptors (Lipinski definition) is 3. The van der Waals surface area contributed by atoms with Crippen LogP contribution in [0.15, 0.2) is 47.4 Å². The Morgan fingerprint density at radius 2 is 1.50 bits per heavy atom. The van der Waals surface area contributed by atoms with Crippen LogP contribution in [0.25, 0.3) is 0 Å². The van der Waals surface area contributed by atoms with Gasteiger partial charge < -0.3 is 5.11 Å². The molecule has 0 saturated heterocycles. The third-order valence-corrected chi connectivity index (χ3v) is 4.50. The molecular weight excluding hydrogens is 312 g/mol. The molecule has 7 heteroatoms. The summed E-state index contributed by atoms with van der Waals surface area (Å²) in [6, 6.07) is 9.19. The average Bonchev–Trinajstić information content (AvgIpc) is 2.47. The van der Waals surface area contributed by atoms with Crippen LogP contribution < -0.4 is 4.72 Å². The molecular formula is C15H15F2NO3S. The Morgan fingerprint density at radius 3 is 2.05 bits per heavy atom. The van der Waals surface area contributed by atoms with Gasteiger partial charge in [0.25, 0.3) is 0 Å². The van der Waals surface area contributed by atoms with Gasteiger partial charge in [0, 0.05) is 12.6 Å². The van der Waals surface area contributed by atoms with Crippen molar-refractivity contribution in [2.24, 2.45) is 0 Å². The molecule has 2 aromatic carbocycles. The van der Waals surface area contributed by atoms with Crippen molar-refractivity contribution in [1.82, 2.24) is 4.72 Å². The second-order valence-electron chi connectivity index (χ2n) is 4.73. The summed E-state index contributed by atoms with van der Waals surface area (Å²) in [4.78, 5) is -0.444. The smallest absolute Gasteiger partial charge is 0.240 e. The highest BCUT2D eigenvalue weighted by Gasteiger charge is 2.15. The third-order valence-electron chi connectivity index (χ3n) is 3.06. The van der Waals surface area contributed by atoms with Crippen molar-refractivity contribution in [2.45, 2.75) is 17.9 Å². The lowest BCUT2D eigenvalue weighted by Crippen LogP contribution is -2.26. The van der Waals surface area contributed by atoms with E-state index in [2.05, 4.69) is 4.72 Å². The van der Waals surface area contributed by atoms with Gasteiger partial charge in [0.1, 0.15) is 11.6 Å². The molecule has 0 spiro atoms. The van der Waals surface area contributed by atoms with Gasteiger partial charge in [-0.2, -0.15) is 0 Å². The average molecular weight is 327 g/mol. The Balaban J connectivity index is 2.00. The second kappa shape index (κ2) is 6.95. The maximum absolute atomic E-state index is 13.1. The van der Waals surface area contributed by atoms with Gasteiger partial charge in [-0.05, 0) is 29.7 Å². The monoisotopic (exact) mass is 327 g/mol. The largest absolute Gasteiger partial charge is 0.392 e. The molecule has 0 fully saturated rings. The van der Waals surface area contributed by atoms with Crippen molar-refractivity contribution in [3.63, 3.8) is 0 Å². The summed E-state index contributed by atoms with van der Waals surface area (Å²) in [5, 5.41) is 8.93. The highest BCUT2D eigenvalue weighted by atomic mass is 32.2. The van der Waals surface area contributed by atoms with Gasteiger partial charge in [0.15, 0.2) is 0 Å². The van der Waals surface area contributed by atoms with Gasteiger partial charge in [-0.15, -0.1) is 0 Å². The molecule has 2 rings (SSSR count). The summed E-state index contributed by atoms with van der Waals surface area (Å²) in [7, 11) is -3.96. The first-order valence-corrected chi connectivity index (χ1v) is 8.03. The molecule has 0 unspecified atom stereocenters. The normalized spacial score (nSPS) is 11.6. The zero-order chi connectivity index (χ0) is 16.2. The fourth-order valence-electron chi connectivity index (χ4n) is 1.91. The first kappa shape index (κ1) is 16.5. The molecule has 0 amide bonds. The van der Waals surface area contributed by atoms with Crippen LogP contribution in [-0.4, -0.2) is 20.1 Å². The number of halogens is 2. The first-order chi connectivity index (χ1) is 10.4. The van der Waals surface area contributed by atoms with Crippen molar-refractivity contribution in [3.8, 4) is 0 Å². The van der Waals surface area contributed by atoms with Crippen molar-refractivity contribution < 1.29 is 22.3 Å². The predicted octanol–water partition coefficient (Wildman–Crippen LogP) is 1.98. The second-order valence-corrected chi connectivity index (χ2v) is 6.49. The fraction of sp³-hybridized carbons (Fsp3) is 0.200. The van der Waals surface area contributed by atoms with Crippen LogP contribution in [0.3, 0.4) is 0 Å². The van der Waals surface area contributed by atoms with Gasteiger partial charge in [0.05, 0.1) is 11.5 Å². The van der Waals surface area contributed by atoms with E-state index in [1.165, 1.54) is 0 Å². The summed E-state index contributed by atoms with van der Waals surface area (Å²) in [6.45, 7) is 0.0387. The molecule has 0 bridgehead atoms. The molecule has 0 atom stereocenters. The van der Waals surface area contributed by atoms with Crippen LogP contribution in [0, 0.1) is 11.6 Å². The zero-order valence-corrected chi connectivity index (χ0v) is 12.4. The third kappa shape index (κ3) is 4.33. The van der Waals surface area contributed by atoms with Crippen molar-refractivity contribution in [2.75, 3.05) is 6.54 Å². The van der Waals surface area contributed by atoms with E-state index in [-0.39, 0.29) is 13.2 Å². The molecule has 118 valence electrons. The Kier molecular flexibility index (Phi) is 5.23. The maximum Gasteiger partial charge on any atom is 0.240 e. The molecule has 0 heterocycles. The molecule has 0 saturated carbocycles. The zero-order valence-electron chi connectivity index (χ0n) is 11.6. The Labute approximate surface area is 127 Å². The lowest BCUT2D eigenvalue weighted by Gasteiger charge is -2.07. The molecule has 4 nitrogen and oxygen atoms in total. The van der Waals surface area contributed by atoms with Crippen LogP contribution in [0.4, 0.5) is 8.78 Å². The lowest BCUT2D eigenvalue weighted by molar-refractivity contribution is 0.282. The van der Waals surface area contributed by atoms with E-state index in [0.717, 1.165) is 23.3 Å². The molecule has 0 aliphatic heterocycles. The minimum atomic E-state index is -3.96. The molecule has 22 heavy (non-hydrogen) atoms. The van der Waals surface area contributed by atoms with Gasteiger partial charge >= 0.3 is 0 Å². The maximum atomic E-state index is 13.1. The summed E-state index contributed by atoms with van der Waals surface area (Å²) in [5.41, 5.74) is 1.64. The minimum absolute atomic E-state index is 0.0575. The van der Waals surface area contributed by atoms with Gasteiger partial charge in [-0.25, -0.2) is 21.9 Å². The number of nitrogens with one attached hydrogen (secondary N) is 1. The summed E-state index contributed by atoms with van der Waals surface area (Å²) < 4.78 is 52.3. The minimum Gasteiger partial charge on any atom is -0.392 e. The van der Waals surface area contributed by atoms with Crippen molar-refractivity contribution >= 4 is 10.0 Å². The summed E-state index contributed by atoms with van der Waals surface area (Å²) in [5.74, 6) is -1.89. The highest BCUT2D eigenvalue weighted by Crippen LogP contribution is 2.13. The van der Waals surface area contributed by atoms with E-state index < -0.39 is 26.6 Å². The van der Waals surface area contributed by atoms with E-state index in [1.807, 2.05) is 0 Å². The van der Waals surface area contributed by atoms with Crippen LogP contribution in [0.2, 0.25) is 0 Å². The van der Waals surface area contributed by atoms with E-state index >= 15 is 0 Å². The van der Waals surface area contributed by atoms with Gasteiger partial charge in [-0.3, -0.25) is 0 Å². The predicted molar refractivity (Wildman–Crippen MR) is 77.6 cm³/mol. The van der Waals surface area contributed by atoms with Gasteiger partial charge in [0.2, 0.25) is 10.0 Å². The topological polar surface area (TPSA) is 66.4 Å². The first-order valence-electron chi connectivity index (χ1n) is 6.55. The summed E-state index contributed by atoms with van der Waals surface area (Å²) in [6.07, 6.45) is 0.419. The number of benzene rings is 2. The number of rotatable bonds is 6. The van der Waals surface area contributed by atoms with E-state index in [1.54, 1.807) is 24.3 Å². The van der Waals surface area contributed by atoms with Crippen LogP contribution in [0.5, 0.6) is 0 Å². The van der Waals surface area contributed by atoms with Crippen molar-refractivity contribution in [1.29, 1.82) is 0 Å². The quantitative estimate of drug-likeness (QED) is 0.852. The van der Waals surface area contributed by atoms with E-state index in [4.69, 9.17) is 5.11 Å². The number of sulfonamides is 1. The molecule has 2 aromatic rings. The van der Waals surface area contributed by atoms with Crippen LogP contribution in [0.1, 0.15) is 11.1 Å². The Hall–Kier alpha value is -1.83. The Bertz CT molecular complexity index is 726. The number of aliphatic hydroxyl groups excluding tert-OH is 1. The number of aliphatic hydroxyl groups is 1. The van der Waals surface area contributed by atoms with E-state index in [0.29, 0.717) is 12.5 Å². The molecule has 0 aliphatic carbocycles. The molecule has 0 aliphatic rings. The highest BCUT2D eigenvalue weighted by molar-refractivity contribution is 7.89. The number of hydrogen-bond donors (Lipinski definition) is 2. The fourth-order valence-corrected chi connectivity index (χ4v) is 2.98. The van der Waals surface area contributed by atoms with Gasteiger partial charge in [-0.1, -0.05) is 24.3 Å². The van der Waals surface area contributed by atoms with Crippen LogP contribution >= 0.6 is 0 Å². The van der Waals surface area contributed by atoms with Crippen molar-refractivity contribution in [3.05, 3.63) is 65.2 Å². The molecule has 0 radical (unpaired) electrons. The summed E-state index contributed by atoms with van der Waals surface area (Å²) >= 11 is 0. The lowest BCUT2D eigenvalue weighted by atomic mass is 10.1. The molecule has 0 aromatic heterocycles. The standard InChI is InChI=1S/C15H15F2NO3S/c16-13-7-14(17)9-15(8-13)22(20,21)18-6-5-11-1-3-12(10-19)4-2-11/h1-4,7-9,18-19H,5-6,10H2. The molecule has 2 N–H and O–H groups in total.